The Morgan fingerprint density at radius 2 is 1.83 bits per heavy atom. The summed E-state index contributed by atoms with van der Waals surface area (Å²) in [5.74, 6) is -0.593. The summed E-state index contributed by atoms with van der Waals surface area (Å²) in [5.41, 5.74) is -2.03. The van der Waals surface area contributed by atoms with Gasteiger partial charge >= 0.3 is 6.09 Å². The Morgan fingerprint density at radius 3 is 2.33 bits per heavy atom. The van der Waals surface area contributed by atoms with Gasteiger partial charge in [0, 0.05) is 14.1 Å². The SMILES string of the molecule is CN(C)C(=O)c1cc(Cl)c([C@]2(C)CS(=O)(=O)C(C)(C)C(NC(=O)OC(C)(C)C)=N2)s1. The molecule has 1 N–H and O–H groups in total. The molecule has 2 heterocycles. The molecule has 0 saturated heterocycles. The third-order valence-corrected chi connectivity index (χ3v) is 9.07. The molecule has 2 amide bonds. The zero-order valence-electron chi connectivity index (χ0n) is 18.4. The monoisotopic (exact) mass is 477 g/mol. The molecule has 1 aliphatic rings. The van der Waals surface area contributed by atoms with Crippen LogP contribution in [0.2, 0.25) is 5.02 Å². The molecule has 1 aromatic heterocycles. The van der Waals surface area contributed by atoms with Crippen molar-refractivity contribution in [2.75, 3.05) is 19.8 Å². The van der Waals surface area contributed by atoms with Gasteiger partial charge in [0.2, 0.25) is 0 Å². The Kier molecular flexibility index (Phi) is 6.40. The van der Waals surface area contributed by atoms with Gasteiger partial charge < -0.3 is 9.64 Å². The van der Waals surface area contributed by atoms with Gasteiger partial charge in [-0.1, -0.05) is 11.6 Å². The van der Waals surface area contributed by atoms with Crippen LogP contribution in [0.5, 0.6) is 0 Å². The van der Waals surface area contributed by atoms with Crippen molar-refractivity contribution < 1.29 is 22.7 Å². The number of hydrogen-bond acceptors (Lipinski definition) is 7. The highest BCUT2D eigenvalue weighted by molar-refractivity contribution is 7.93. The normalized spacial score (nSPS) is 22.8. The van der Waals surface area contributed by atoms with Gasteiger partial charge in [0.25, 0.3) is 5.91 Å². The molecule has 8 nitrogen and oxygen atoms in total. The largest absolute Gasteiger partial charge is 0.444 e. The standard InChI is InChI=1S/C19H28ClN3O5S2/c1-17(2,3)28-16(25)21-15-18(4,5)30(26,27)10-19(6,22-15)13-11(20)9-12(29-13)14(24)23(7)8/h9H,10H2,1-8H3,(H,21,22,25)/t19-/m0/s1. The molecule has 1 aliphatic heterocycles. The van der Waals surface area contributed by atoms with Crippen molar-refractivity contribution in [3.05, 3.63) is 20.8 Å². The number of amidine groups is 1. The smallest absolute Gasteiger partial charge is 0.413 e. The maximum atomic E-state index is 13.1. The number of rotatable bonds is 2. The van der Waals surface area contributed by atoms with Gasteiger partial charge in [0.15, 0.2) is 9.84 Å². The van der Waals surface area contributed by atoms with Crippen molar-refractivity contribution in [1.29, 1.82) is 0 Å². The number of amides is 2. The second-order valence-electron chi connectivity index (χ2n) is 9.12. The number of aliphatic imine (C=N–C) groups is 1. The third kappa shape index (κ3) is 4.81. The highest BCUT2D eigenvalue weighted by Gasteiger charge is 2.51. The highest BCUT2D eigenvalue weighted by atomic mass is 35.5. The van der Waals surface area contributed by atoms with Crippen molar-refractivity contribution in [1.82, 2.24) is 10.2 Å². The third-order valence-electron chi connectivity index (χ3n) is 4.59. The number of nitrogens with one attached hydrogen (secondary N) is 1. The summed E-state index contributed by atoms with van der Waals surface area (Å²) in [6.45, 7) is 9.70. The molecule has 0 spiro atoms. The van der Waals surface area contributed by atoms with Crippen LogP contribution in [-0.4, -0.2) is 61.4 Å². The molecule has 11 heteroatoms. The fourth-order valence-corrected chi connectivity index (χ4v) is 6.31. The Hall–Kier alpha value is -1.65. The first kappa shape index (κ1) is 24.6. The minimum atomic E-state index is -3.75. The first-order valence-electron chi connectivity index (χ1n) is 9.24. The molecule has 0 aliphatic carbocycles. The van der Waals surface area contributed by atoms with Gasteiger partial charge in [-0.3, -0.25) is 15.1 Å². The number of halogens is 1. The fourth-order valence-electron chi connectivity index (χ4n) is 2.87. The van der Waals surface area contributed by atoms with Crippen LogP contribution in [0, 0.1) is 0 Å². The minimum Gasteiger partial charge on any atom is -0.444 e. The van der Waals surface area contributed by atoms with E-state index in [0.29, 0.717) is 9.75 Å². The molecular weight excluding hydrogens is 450 g/mol. The number of hydrogen-bond donors (Lipinski definition) is 1. The number of nitrogens with zero attached hydrogens (tertiary/aromatic N) is 2. The van der Waals surface area contributed by atoms with Crippen molar-refractivity contribution in [2.24, 2.45) is 4.99 Å². The summed E-state index contributed by atoms with van der Waals surface area (Å²) in [5, 5.41) is 2.76. The molecule has 0 aromatic carbocycles. The molecule has 0 unspecified atom stereocenters. The van der Waals surface area contributed by atoms with E-state index in [-0.39, 0.29) is 22.5 Å². The van der Waals surface area contributed by atoms with E-state index in [1.54, 1.807) is 41.8 Å². The van der Waals surface area contributed by atoms with Gasteiger partial charge in [-0.15, -0.1) is 11.3 Å². The zero-order valence-corrected chi connectivity index (χ0v) is 20.8. The van der Waals surface area contributed by atoms with E-state index < -0.39 is 31.8 Å². The van der Waals surface area contributed by atoms with E-state index in [4.69, 9.17) is 16.3 Å². The number of alkyl carbamates (subject to hydrolysis) is 1. The predicted molar refractivity (Wildman–Crippen MR) is 119 cm³/mol. The lowest BCUT2D eigenvalue weighted by Crippen LogP contribution is -2.57. The number of ether oxygens (including phenoxy) is 1. The van der Waals surface area contributed by atoms with Gasteiger partial charge in [-0.25, -0.2) is 13.2 Å². The first-order chi connectivity index (χ1) is 13.4. The fraction of sp³-hybridized carbons (Fsp3) is 0.632. The predicted octanol–water partition coefficient (Wildman–Crippen LogP) is 3.45. The molecule has 0 saturated carbocycles. The molecule has 1 aromatic rings. The van der Waals surface area contributed by atoms with Crippen molar-refractivity contribution >= 4 is 50.6 Å². The maximum Gasteiger partial charge on any atom is 0.413 e. The van der Waals surface area contributed by atoms with Crippen LogP contribution in [0.25, 0.3) is 0 Å². The van der Waals surface area contributed by atoms with E-state index in [1.807, 2.05) is 0 Å². The molecule has 2 rings (SSSR count). The summed E-state index contributed by atoms with van der Waals surface area (Å²) < 4.78 is 30.1. The van der Waals surface area contributed by atoms with E-state index in [2.05, 4.69) is 10.3 Å². The van der Waals surface area contributed by atoms with Gasteiger partial charge in [0.05, 0.1) is 20.5 Å². The van der Waals surface area contributed by atoms with Crippen LogP contribution in [0.4, 0.5) is 4.79 Å². The van der Waals surface area contributed by atoms with E-state index in [0.717, 1.165) is 11.3 Å². The lowest BCUT2D eigenvalue weighted by molar-refractivity contribution is 0.0560. The Labute approximate surface area is 186 Å². The van der Waals surface area contributed by atoms with Crippen LogP contribution >= 0.6 is 22.9 Å². The average Bonchev–Trinajstić information content (AvgIpc) is 2.92. The Morgan fingerprint density at radius 1 is 1.27 bits per heavy atom. The summed E-state index contributed by atoms with van der Waals surface area (Å²) in [6, 6.07) is 1.51. The number of thiophene rings is 1. The number of sulfone groups is 1. The molecule has 30 heavy (non-hydrogen) atoms. The summed E-state index contributed by atoms with van der Waals surface area (Å²) >= 11 is 7.48. The van der Waals surface area contributed by atoms with E-state index in [1.165, 1.54) is 24.8 Å². The van der Waals surface area contributed by atoms with Gasteiger partial charge in [0.1, 0.15) is 21.7 Å². The van der Waals surface area contributed by atoms with Gasteiger partial charge in [-0.05, 0) is 47.6 Å². The molecular formula is C19H28ClN3O5S2. The highest BCUT2D eigenvalue weighted by Crippen LogP contribution is 2.43. The number of carbonyl (C=O) groups is 2. The number of carbonyl (C=O) groups excluding carboxylic acids is 2. The summed E-state index contributed by atoms with van der Waals surface area (Å²) in [6.07, 6.45) is -0.797. The molecule has 0 radical (unpaired) electrons. The van der Waals surface area contributed by atoms with Crippen molar-refractivity contribution in [2.45, 2.75) is 57.4 Å². The zero-order chi connectivity index (χ0) is 23.3. The minimum absolute atomic E-state index is 0.0320. The maximum absolute atomic E-state index is 13.1. The second-order valence-corrected chi connectivity index (χ2v) is 13.1. The average molecular weight is 478 g/mol. The van der Waals surface area contributed by atoms with Crippen LogP contribution in [0.3, 0.4) is 0 Å². The summed E-state index contributed by atoms with van der Waals surface area (Å²) in [7, 11) is -0.514. The van der Waals surface area contributed by atoms with Crippen LogP contribution in [0.15, 0.2) is 11.1 Å². The van der Waals surface area contributed by atoms with Crippen LogP contribution in [-0.2, 0) is 20.1 Å². The molecule has 168 valence electrons. The second kappa shape index (κ2) is 7.80. The first-order valence-corrected chi connectivity index (χ1v) is 12.1. The Bertz CT molecular complexity index is 1010. The van der Waals surface area contributed by atoms with Gasteiger partial charge in [-0.2, -0.15) is 0 Å². The van der Waals surface area contributed by atoms with Crippen LogP contribution in [0.1, 0.15) is 56.1 Å². The van der Waals surface area contributed by atoms with E-state index in [9.17, 15) is 18.0 Å². The topological polar surface area (TPSA) is 105 Å². The lowest BCUT2D eigenvalue weighted by Gasteiger charge is -2.38. The van der Waals surface area contributed by atoms with E-state index >= 15 is 0 Å². The Balaban J connectivity index is 2.57. The molecule has 0 fully saturated rings. The summed E-state index contributed by atoms with van der Waals surface area (Å²) in [4.78, 5) is 31.5. The lowest BCUT2D eigenvalue weighted by atomic mass is 10.0. The molecule has 1 atom stereocenters. The van der Waals surface area contributed by atoms with Crippen LogP contribution < -0.4 is 5.32 Å². The molecule has 0 bridgehead atoms. The quantitative estimate of drug-likeness (QED) is 0.702. The van der Waals surface area contributed by atoms with Crippen molar-refractivity contribution in [3.63, 3.8) is 0 Å². The van der Waals surface area contributed by atoms with Crippen molar-refractivity contribution in [3.8, 4) is 0 Å².